The minimum absolute atomic E-state index is 0.0398. The molecule has 1 aliphatic carbocycles. The summed E-state index contributed by atoms with van der Waals surface area (Å²) in [7, 11) is 0. The molecule has 1 aromatic carbocycles. The van der Waals surface area contributed by atoms with Gasteiger partial charge in [-0.1, -0.05) is 12.1 Å². The maximum absolute atomic E-state index is 13.7. The first-order valence-electron chi connectivity index (χ1n) is 11.6. The van der Waals surface area contributed by atoms with E-state index in [1.807, 2.05) is 36.4 Å². The fourth-order valence-corrected chi connectivity index (χ4v) is 5.25. The summed E-state index contributed by atoms with van der Waals surface area (Å²) in [5.74, 6) is 0.158. The van der Waals surface area contributed by atoms with E-state index in [9.17, 15) is 9.18 Å². The van der Waals surface area contributed by atoms with Crippen LogP contribution in [0.5, 0.6) is 0 Å². The Bertz CT molecular complexity index is 1780. The van der Waals surface area contributed by atoms with E-state index >= 15 is 0 Å². The van der Waals surface area contributed by atoms with Crippen LogP contribution in [0.1, 0.15) is 12.8 Å². The highest BCUT2D eigenvalue weighted by atomic mass is 32.1. The molecule has 9 heteroatoms. The molecule has 7 nitrogen and oxygen atoms in total. The van der Waals surface area contributed by atoms with Crippen molar-refractivity contribution in [1.82, 2.24) is 25.1 Å². The number of thiophene rings is 1. The topological polar surface area (TPSA) is 99.4 Å². The summed E-state index contributed by atoms with van der Waals surface area (Å²) in [5.41, 5.74) is 6.53. The maximum atomic E-state index is 13.7. The number of nitrogens with zero attached hydrogens (tertiary/aromatic N) is 3. The monoisotopic (exact) mass is 494 g/mol. The zero-order valence-electron chi connectivity index (χ0n) is 18.9. The summed E-state index contributed by atoms with van der Waals surface area (Å²) in [4.78, 5) is 25.4. The van der Waals surface area contributed by atoms with E-state index in [0.29, 0.717) is 5.69 Å². The van der Waals surface area contributed by atoms with E-state index in [1.54, 1.807) is 24.7 Å². The summed E-state index contributed by atoms with van der Waals surface area (Å²) >= 11 is 1.13. The lowest BCUT2D eigenvalue weighted by Gasteiger charge is -2.06. The molecule has 0 bridgehead atoms. The van der Waals surface area contributed by atoms with Crippen LogP contribution in [0.3, 0.4) is 0 Å². The van der Waals surface area contributed by atoms with Crippen molar-refractivity contribution < 1.29 is 9.18 Å². The van der Waals surface area contributed by atoms with Crippen molar-refractivity contribution in [2.24, 2.45) is 5.92 Å². The van der Waals surface area contributed by atoms with Gasteiger partial charge in [0.2, 0.25) is 5.91 Å². The quantitative estimate of drug-likeness (QED) is 0.259. The third kappa shape index (κ3) is 3.64. The average Bonchev–Trinajstić information content (AvgIpc) is 3.30. The SMILES string of the molecule is O=C(Nc1cncc(-c2cc3c(-c4cc5c(-c6ccc(F)s6)cccc5[nH]4)n[nH]c3cn2)c1)C1CC1. The minimum atomic E-state index is -0.207. The molecular formula is C27H19FN6OS. The van der Waals surface area contributed by atoms with Crippen molar-refractivity contribution in [3.8, 4) is 33.1 Å². The van der Waals surface area contributed by atoms with Crippen molar-refractivity contribution in [2.75, 3.05) is 5.32 Å². The van der Waals surface area contributed by atoms with Crippen LogP contribution in [0, 0.1) is 11.0 Å². The molecular weight excluding hydrogens is 475 g/mol. The highest BCUT2D eigenvalue weighted by Gasteiger charge is 2.29. The summed E-state index contributed by atoms with van der Waals surface area (Å²) in [6, 6.07) is 15.2. The molecule has 6 aromatic rings. The molecule has 1 saturated carbocycles. The van der Waals surface area contributed by atoms with Gasteiger partial charge in [0.15, 0.2) is 5.13 Å². The van der Waals surface area contributed by atoms with Gasteiger partial charge < -0.3 is 10.3 Å². The third-order valence-corrected chi connectivity index (χ3v) is 7.36. The number of H-pyrrole nitrogens is 2. The first-order valence-corrected chi connectivity index (χ1v) is 12.4. The minimum Gasteiger partial charge on any atom is -0.353 e. The van der Waals surface area contributed by atoms with Crippen molar-refractivity contribution in [3.63, 3.8) is 0 Å². The summed E-state index contributed by atoms with van der Waals surface area (Å²) in [5, 5.41) is 12.3. The average molecular weight is 495 g/mol. The van der Waals surface area contributed by atoms with Gasteiger partial charge in [-0.05, 0) is 49.2 Å². The second-order valence-electron chi connectivity index (χ2n) is 8.97. The molecule has 1 amide bonds. The predicted octanol–water partition coefficient (Wildman–Crippen LogP) is 6.38. The number of aromatic amines is 2. The van der Waals surface area contributed by atoms with Crippen LogP contribution in [0.2, 0.25) is 0 Å². The van der Waals surface area contributed by atoms with Gasteiger partial charge in [0.05, 0.1) is 35.0 Å². The zero-order valence-corrected chi connectivity index (χ0v) is 19.7. The summed E-state index contributed by atoms with van der Waals surface area (Å²) < 4.78 is 13.7. The molecule has 36 heavy (non-hydrogen) atoms. The largest absolute Gasteiger partial charge is 0.353 e. The van der Waals surface area contributed by atoms with E-state index in [-0.39, 0.29) is 17.0 Å². The molecule has 3 N–H and O–H groups in total. The van der Waals surface area contributed by atoms with Gasteiger partial charge >= 0.3 is 0 Å². The van der Waals surface area contributed by atoms with Gasteiger partial charge in [0.25, 0.3) is 0 Å². The smallest absolute Gasteiger partial charge is 0.227 e. The molecule has 0 atom stereocenters. The Kier molecular flexibility index (Phi) is 4.71. The molecule has 1 fully saturated rings. The number of carbonyl (C=O) groups is 1. The number of pyridine rings is 2. The van der Waals surface area contributed by atoms with Gasteiger partial charge in [-0.3, -0.25) is 19.9 Å². The number of fused-ring (bicyclic) bond motifs is 2. The molecule has 176 valence electrons. The van der Waals surface area contributed by atoms with Gasteiger partial charge in [-0.15, -0.1) is 11.3 Å². The fraction of sp³-hybridized carbons (Fsp3) is 0.111. The Morgan fingerprint density at radius 3 is 2.78 bits per heavy atom. The van der Waals surface area contributed by atoms with E-state index in [1.165, 1.54) is 6.07 Å². The Labute approximate surface area is 208 Å². The molecule has 5 heterocycles. The molecule has 1 aliphatic rings. The van der Waals surface area contributed by atoms with Crippen molar-refractivity contribution in [3.05, 3.63) is 72.3 Å². The number of hydrogen-bond acceptors (Lipinski definition) is 5. The van der Waals surface area contributed by atoms with Crippen LogP contribution in [-0.2, 0) is 4.79 Å². The zero-order chi connectivity index (χ0) is 24.2. The number of carbonyl (C=O) groups excluding carboxylic acids is 1. The van der Waals surface area contributed by atoms with E-state index < -0.39 is 0 Å². The first kappa shape index (κ1) is 21.0. The first-order chi connectivity index (χ1) is 17.6. The van der Waals surface area contributed by atoms with Crippen LogP contribution >= 0.6 is 11.3 Å². The van der Waals surface area contributed by atoms with Gasteiger partial charge in [0.1, 0.15) is 5.69 Å². The number of aromatic nitrogens is 5. The number of amides is 1. The Balaban J connectivity index is 1.28. The van der Waals surface area contributed by atoms with Gasteiger partial charge in [0, 0.05) is 44.4 Å². The standard InChI is InChI=1S/C27H19FN6OS/c28-25-7-6-24(36-25)17-2-1-3-20-18(17)9-22(32-20)26-19-10-21(30-13-23(19)33-34-26)15-8-16(12-29-11-15)31-27(35)14-4-5-14/h1-3,6-14,32H,4-5H2,(H,31,35)(H,33,34). The second kappa shape index (κ2) is 8.10. The fourth-order valence-electron chi connectivity index (χ4n) is 4.47. The van der Waals surface area contributed by atoms with Crippen LogP contribution in [0.15, 0.2) is 67.1 Å². The molecule has 0 spiro atoms. The van der Waals surface area contributed by atoms with E-state index in [2.05, 4.69) is 30.5 Å². The molecule has 0 unspecified atom stereocenters. The Morgan fingerprint density at radius 1 is 1.03 bits per heavy atom. The second-order valence-corrected chi connectivity index (χ2v) is 10.0. The van der Waals surface area contributed by atoms with Crippen LogP contribution in [0.4, 0.5) is 10.1 Å². The Hall–Kier alpha value is -4.37. The molecule has 5 aromatic heterocycles. The number of nitrogens with one attached hydrogen (secondary N) is 3. The van der Waals surface area contributed by atoms with Crippen LogP contribution < -0.4 is 5.32 Å². The third-order valence-electron chi connectivity index (χ3n) is 6.45. The van der Waals surface area contributed by atoms with Crippen LogP contribution in [0.25, 0.3) is 54.9 Å². The summed E-state index contributed by atoms with van der Waals surface area (Å²) in [6.07, 6.45) is 7.02. The molecule has 0 radical (unpaired) electrons. The van der Waals surface area contributed by atoms with Crippen LogP contribution in [-0.4, -0.2) is 31.1 Å². The number of hydrogen-bond donors (Lipinski definition) is 3. The maximum Gasteiger partial charge on any atom is 0.227 e. The normalized spacial score (nSPS) is 13.5. The van der Waals surface area contributed by atoms with Crippen molar-refractivity contribution in [1.29, 1.82) is 0 Å². The number of halogens is 1. The highest BCUT2D eigenvalue weighted by molar-refractivity contribution is 7.14. The molecule has 0 aliphatic heterocycles. The van der Waals surface area contributed by atoms with E-state index in [4.69, 9.17) is 0 Å². The molecule has 0 saturated heterocycles. The van der Waals surface area contributed by atoms with Gasteiger partial charge in [-0.2, -0.15) is 9.49 Å². The number of rotatable bonds is 5. The van der Waals surface area contributed by atoms with Crippen molar-refractivity contribution in [2.45, 2.75) is 12.8 Å². The summed E-state index contributed by atoms with van der Waals surface area (Å²) in [6.45, 7) is 0. The predicted molar refractivity (Wildman–Crippen MR) is 139 cm³/mol. The Morgan fingerprint density at radius 2 is 1.94 bits per heavy atom. The van der Waals surface area contributed by atoms with Gasteiger partial charge in [-0.25, -0.2) is 0 Å². The van der Waals surface area contributed by atoms with E-state index in [0.717, 1.165) is 79.1 Å². The lowest BCUT2D eigenvalue weighted by atomic mass is 10.1. The van der Waals surface area contributed by atoms with Crippen molar-refractivity contribution >= 4 is 44.7 Å². The lowest BCUT2D eigenvalue weighted by Crippen LogP contribution is -2.13. The lowest BCUT2D eigenvalue weighted by molar-refractivity contribution is -0.117. The highest BCUT2D eigenvalue weighted by Crippen LogP contribution is 2.37. The number of benzene rings is 1. The number of anilines is 1. The molecule has 7 rings (SSSR count).